The van der Waals surface area contributed by atoms with Crippen LogP contribution in [0.25, 0.3) is 10.9 Å². The van der Waals surface area contributed by atoms with Gasteiger partial charge in [0.2, 0.25) is 0 Å². The van der Waals surface area contributed by atoms with E-state index in [2.05, 4.69) is 5.16 Å². The van der Waals surface area contributed by atoms with Gasteiger partial charge in [-0.2, -0.15) is 0 Å². The molecule has 1 saturated carbocycles. The van der Waals surface area contributed by atoms with Crippen LogP contribution in [0.5, 0.6) is 0 Å². The Kier molecular flexibility index (Phi) is 4.29. The maximum atomic E-state index is 8.99. The van der Waals surface area contributed by atoms with E-state index < -0.39 is 0 Å². The maximum absolute atomic E-state index is 8.99. The summed E-state index contributed by atoms with van der Waals surface area (Å²) in [6, 6.07) is 9.87. The molecular formula is C16H19N3OS. The largest absolute Gasteiger partial charge is 0.409 e. The Morgan fingerprint density at radius 1 is 1.33 bits per heavy atom. The fraction of sp³-hybridized carbons (Fsp3) is 0.375. The van der Waals surface area contributed by atoms with Crippen LogP contribution in [0.2, 0.25) is 0 Å². The Morgan fingerprint density at radius 2 is 2.10 bits per heavy atom. The summed E-state index contributed by atoms with van der Waals surface area (Å²) in [6.45, 7) is 0. The number of aromatic nitrogens is 1. The van der Waals surface area contributed by atoms with Crippen molar-refractivity contribution < 1.29 is 5.21 Å². The lowest BCUT2D eigenvalue weighted by Crippen LogP contribution is -2.15. The van der Waals surface area contributed by atoms with Gasteiger partial charge in [-0.1, -0.05) is 36.2 Å². The predicted octanol–water partition coefficient (Wildman–Crippen LogP) is 3.61. The lowest BCUT2D eigenvalue weighted by Gasteiger charge is -2.12. The number of fused-ring (bicyclic) bond motifs is 1. The minimum absolute atomic E-state index is 0.127. The van der Waals surface area contributed by atoms with Crippen molar-refractivity contribution >= 4 is 28.5 Å². The number of hydrogen-bond acceptors (Lipinski definition) is 4. The standard InChI is InChI=1S/C16H19N3OS/c17-15(19-20)13-9-12-7-3-4-8-14(12)18-16(13)21-10-11-5-1-2-6-11/h3-4,7-9,11,20H,1-2,5-6,10H2,(H2,17,19). The van der Waals surface area contributed by atoms with E-state index in [0.29, 0.717) is 0 Å². The summed E-state index contributed by atoms with van der Waals surface area (Å²) in [7, 11) is 0. The van der Waals surface area contributed by atoms with Crippen molar-refractivity contribution in [3.63, 3.8) is 0 Å². The van der Waals surface area contributed by atoms with Crippen LogP contribution in [-0.2, 0) is 0 Å². The first-order valence-electron chi connectivity index (χ1n) is 7.28. The summed E-state index contributed by atoms with van der Waals surface area (Å²) >= 11 is 1.72. The van der Waals surface area contributed by atoms with Crippen molar-refractivity contribution in [2.75, 3.05) is 5.75 Å². The van der Waals surface area contributed by atoms with E-state index >= 15 is 0 Å². The molecule has 0 bridgehead atoms. The third-order valence-electron chi connectivity index (χ3n) is 4.00. The number of oxime groups is 1. The van der Waals surface area contributed by atoms with Gasteiger partial charge in [-0.15, -0.1) is 11.8 Å². The van der Waals surface area contributed by atoms with E-state index in [-0.39, 0.29) is 5.84 Å². The van der Waals surface area contributed by atoms with Crippen LogP contribution in [0.4, 0.5) is 0 Å². The molecular weight excluding hydrogens is 282 g/mol. The Bertz CT molecular complexity index is 666. The van der Waals surface area contributed by atoms with Crippen molar-refractivity contribution in [1.29, 1.82) is 0 Å². The number of para-hydroxylation sites is 1. The SMILES string of the molecule is NC(=NO)c1cc2ccccc2nc1SCC1CCCC1. The number of thioether (sulfide) groups is 1. The first-order valence-corrected chi connectivity index (χ1v) is 8.27. The van der Waals surface area contributed by atoms with Crippen LogP contribution in [0.15, 0.2) is 40.5 Å². The Labute approximate surface area is 128 Å². The second-order valence-corrected chi connectivity index (χ2v) is 6.49. The average molecular weight is 301 g/mol. The van der Waals surface area contributed by atoms with Gasteiger partial charge in [-0.3, -0.25) is 0 Å². The van der Waals surface area contributed by atoms with E-state index in [1.54, 1.807) is 11.8 Å². The molecule has 5 heteroatoms. The van der Waals surface area contributed by atoms with Crippen molar-refractivity contribution in [3.05, 3.63) is 35.9 Å². The highest BCUT2D eigenvalue weighted by atomic mass is 32.2. The molecule has 1 aromatic carbocycles. The molecule has 0 atom stereocenters. The molecule has 1 aliphatic carbocycles. The van der Waals surface area contributed by atoms with Crippen LogP contribution >= 0.6 is 11.8 Å². The molecule has 0 unspecified atom stereocenters. The normalized spacial score (nSPS) is 16.7. The van der Waals surface area contributed by atoms with Gasteiger partial charge in [-0.25, -0.2) is 4.98 Å². The monoisotopic (exact) mass is 301 g/mol. The summed E-state index contributed by atoms with van der Waals surface area (Å²) in [6.07, 6.45) is 5.28. The van der Waals surface area contributed by atoms with Crippen molar-refractivity contribution in [2.45, 2.75) is 30.7 Å². The molecule has 0 amide bonds. The number of benzene rings is 1. The number of amidine groups is 1. The van der Waals surface area contributed by atoms with Gasteiger partial charge >= 0.3 is 0 Å². The molecule has 1 fully saturated rings. The van der Waals surface area contributed by atoms with Crippen molar-refractivity contribution in [3.8, 4) is 0 Å². The number of nitrogens with zero attached hydrogens (tertiary/aromatic N) is 2. The van der Waals surface area contributed by atoms with Gasteiger partial charge in [-0.05, 0) is 30.9 Å². The molecule has 3 N–H and O–H groups in total. The Balaban J connectivity index is 1.93. The maximum Gasteiger partial charge on any atom is 0.172 e. The summed E-state index contributed by atoms with van der Waals surface area (Å²) in [4.78, 5) is 4.70. The number of rotatable bonds is 4. The van der Waals surface area contributed by atoms with Crippen LogP contribution < -0.4 is 5.73 Å². The van der Waals surface area contributed by atoms with Crippen LogP contribution in [0, 0.1) is 5.92 Å². The van der Waals surface area contributed by atoms with E-state index in [0.717, 1.165) is 33.2 Å². The van der Waals surface area contributed by atoms with Gasteiger partial charge < -0.3 is 10.9 Å². The van der Waals surface area contributed by atoms with Crippen molar-refractivity contribution in [2.24, 2.45) is 16.8 Å². The minimum atomic E-state index is 0.127. The zero-order chi connectivity index (χ0) is 14.7. The summed E-state index contributed by atoms with van der Waals surface area (Å²) in [5.74, 6) is 1.95. The molecule has 2 aromatic rings. The van der Waals surface area contributed by atoms with Crippen molar-refractivity contribution in [1.82, 2.24) is 4.98 Å². The zero-order valence-electron chi connectivity index (χ0n) is 11.8. The van der Waals surface area contributed by atoms with Gasteiger partial charge in [0.25, 0.3) is 0 Å². The smallest absolute Gasteiger partial charge is 0.172 e. The second-order valence-electron chi connectivity index (χ2n) is 5.48. The minimum Gasteiger partial charge on any atom is -0.409 e. The molecule has 1 aliphatic rings. The summed E-state index contributed by atoms with van der Waals surface area (Å²) < 4.78 is 0. The van der Waals surface area contributed by atoms with E-state index in [4.69, 9.17) is 15.9 Å². The van der Waals surface area contributed by atoms with Crippen LogP contribution in [-0.4, -0.2) is 21.8 Å². The highest BCUT2D eigenvalue weighted by Gasteiger charge is 2.18. The third-order valence-corrected chi connectivity index (χ3v) is 5.23. The van der Waals surface area contributed by atoms with Crippen LogP contribution in [0.3, 0.4) is 0 Å². The molecule has 1 heterocycles. The van der Waals surface area contributed by atoms with E-state index in [1.807, 2.05) is 30.3 Å². The summed E-state index contributed by atoms with van der Waals surface area (Å²) in [5, 5.41) is 14.0. The summed E-state index contributed by atoms with van der Waals surface area (Å²) in [5.41, 5.74) is 7.48. The van der Waals surface area contributed by atoms with E-state index in [1.165, 1.54) is 25.7 Å². The van der Waals surface area contributed by atoms with Gasteiger partial charge in [0.15, 0.2) is 5.84 Å². The van der Waals surface area contributed by atoms with E-state index in [9.17, 15) is 0 Å². The third kappa shape index (κ3) is 3.13. The molecule has 0 spiro atoms. The van der Waals surface area contributed by atoms with Crippen LogP contribution in [0.1, 0.15) is 31.2 Å². The molecule has 0 saturated heterocycles. The number of pyridine rings is 1. The number of hydrogen-bond donors (Lipinski definition) is 2. The highest BCUT2D eigenvalue weighted by molar-refractivity contribution is 7.99. The fourth-order valence-corrected chi connectivity index (χ4v) is 4.03. The molecule has 0 aliphatic heterocycles. The highest BCUT2D eigenvalue weighted by Crippen LogP contribution is 2.32. The van der Waals surface area contributed by atoms with Gasteiger partial charge in [0, 0.05) is 11.1 Å². The first-order chi connectivity index (χ1) is 10.3. The molecule has 110 valence electrons. The number of nitrogens with two attached hydrogens (primary N) is 1. The lowest BCUT2D eigenvalue weighted by atomic mass is 10.1. The fourth-order valence-electron chi connectivity index (χ4n) is 2.82. The van der Waals surface area contributed by atoms with Gasteiger partial charge in [0.05, 0.1) is 11.1 Å². The Hall–Kier alpha value is -1.75. The second kappa shape index (κ2) is 6.35. The zero-order valence-corrected chi connectivity index (χ0v) is 12.6. The molecule has 21 heavy (non-hydrogen) atoms. The lowest BCUT2D eigenvalue weighted by molar-refractivity contribution is 0.318. The molecule has 1 aromatic heterocycles. The molecule has 4 nitrogen and oxygen atoms in total. The molecule has 3 rings (SSSR count). The predicted molar refractivity (Wildman–Crippen MR) is 86.9 cm³/mol. The van der Waals surface area contributed by atoms with Gasteiger partial charge in [0.1, 0.15) is 5.03 Å². The first kappa shape index (κ1) is 14.2. The topological polar surface area (TPSA) is 71.5 Å². The average Bonchev–Trinajstić information content (AvgIpc) is 3.04. The quantitative estimate of drug-likeness (QED) is 0.297. The molecule has 0 radical (unpaired) electrons. The Morgan fingerprint density at radius 3 is 2.86 bits per heavy atom.